The average molecular weight is 334 g/mol. The molecule has 23 heavy (non-hydrogen) atoms. The minimum Gasteiger partial charge on any atom is -0.494 e. The van der Waals surface area contributed by atoms with E-state index >= 15 is 0 Å². The molecule has 4 nitrogen and oxygen atoms in total. The molecule has 0 fully saturated rings. The molecule has 0 atom stereocenters. The van der Waals surface area contributed by atoms with Crippen LogP contribution in [0.15, 0.2) is 36.4 Å². The molecule has 0 radical (unpaired) electrons. The van der Waals surface area contributed by atoms with E-state index in [0.29, 0.717) is 23.1 Å². The van der Waals surface area contributed by atoms with Gasteiger partial charge in [-0.05, 0) is 62.2 Å². The van der Waals surface area contributed by atoms with Gasteiger partial charge in [0.05, 0.1) is 17.3 Å². The molecule has 0 aromatic heterocycles. The summed E-state index contributed by atoms with van der Waals surface area (Å²) in [7, 11) is 0. The first-order chi connectivity index (χ1) is 11.0. The van der Waals surface area contributed by atoms with Crippen LogP contribution in [0.5, 0.6) is 11.5 Å². The van der Waals surface area contributed by atoms with Crippen LogP contribution in [0.25, 0.3) is 0 Å². The van der Waals surface area contributed by atoms with Gasteiger partial charge in [-0.1, -0.05) is 17.7 Å². The zero-order chi connectivity index (χ0) is 16.8. The minimum absolute atomic E-state index is 0.0857. The molecule has 0 unspecified atom stereocenters. The maximum absolute atomic E-state index is 12.0. The fraction of sp³-hybridized carbons (Fsp3) is 0.278. The van der Waals surface area contributed by atoms with Crippen LogP contribution >= 0.6 is 11.6 Å². The van der Waals surface area contributed by atoms with Crippen LogP contribution in [0.3, 0.4) is 0 Å². The van der Waals surface area contributed by atoms with E-state index in [4.69, 9.17) is 21.1 Å². The van der Waals surface area contributed by atoms with E-state index < -0.39 is 0 Å². The van der Waals surface area contributed by atoms with E-state index in [9.17, 15) is 4.79 Å². The summed E-state index contributed by atoms with van der Waals surface area (Å²) in [5.74, 6) is 1.12. The predicted molar refractivity (Wildman–Crippen MR) is 92.7 cm³/mol. The number of nitrogens with one attached hydrogen (secondary N) is 1. The molecule has 0 aliphatic heterocycles. The van der Waals surface area contributed by atoms with Crippen LogP contribution < -0.4 is 14.8 Å². The smallest absolute Gasteiger partial charge is 0.262 e. The number of aryl methyl sites for hydroxylation is 2. The highest BCUT2D eigenvalue weighted by Crippen LogP contribution is 2.27. The van der Waals surface area contributed by atoms with E-state index in [-0.39, 0.29) is 12.5 Å². The zero-order valence-corrected chi connectivity index (χ0v) is 14.2. The van der Waals surface area contributed by atoms with Crippen LogP contribution in [-0.4, -0.2) is 19.1 Å². The fourth-order valence-corrected chi connectivity index (χ4v) is 2.57. The highest BCUT2D eigenvalue weighted by molar-refractivity contribution is 6.34. The number of rotatable bonds is 6. The van der Waals surface area contributed by atoms with E-state index in [1.807, 2.05) is 32.9 Å². The summed E-state index contributed by atoms with van der Waals surface area (Å²) in [5.41, 5.74) is 2.60. The minimum atomic E-state index is -0.257. The number of ether oxygens (including phenoxy) is 2. The van der Waals surface area contributed by atoms with Crippen LogP contribution in [0.2, 0.25) is 5.02 Å². The Bertz CT molecular complexity index is 660. The van der Waals surface area contributed by atoms with Gasteiger partial charge in [0, 0.05) is 0 Å². The summed E-state index contributed by atoms with van der Waals surface area (Å²) in [5, 5.41) is 3.31. The first-order valence-electron chi connectivity index (χ1n) is 7.42. The molecule has 0 spiro atoms. The molecule has 0 aliphatic rings. The molecule has 1 amide bonds. The van der Waals surface area contributed by atoms with Gasteiger partial charge in [-0.25, -0.2) is 0 Å². The summed E-state index contributed by atoms with van der Waals surface area (Å²) in [4.78, 5) is 12.0. The third-order valence-corrected chi connectivity index (χ3v) is 3.50. The summed E-state index contributed by atoms with van der Waals surface area (Å²) in [6.45, 7) is 6.31. The molecular weight excluding hydrogens is 314 g/mol. The van der Waals surface area contributed by atoms with Crippen molar-refractivity contribution in [2.24, 2.45) is 0 Å². The summed E-state index contributed by atoms with van der Waals surface area (Å²) >= 11 is 6.17. The van der Waals surface area contributed by atoms with Gasteiger partial charge in [0.2, 0.25) is 0 Å². The fourth-order valence-electron chi connectivity index (χ4n) is 2.20. The van der Waals surface area contributed by atoms with Crippen molar-refractivity contribution in [1.29, 1.82) is 0 Å². The first-order valence-corrected chi connectivity index (χ1v) is 7.79. The molecule has 0 aliphatic carbocycles. The lowest BCUT2D eigenvalue weighted by Crippen LogP contribution is -2.21. The second kappa shape index (κ2) is 7.88. The molecule has 5 heteroatoms. The Labute approximate surface area is 141 Å². The van der Waals surface area contributed by atoms with Crippen molar-refractivity contribution in [3.63, 3.8) is 0 Å². The van der Waals surface area contributed by atoms with Gasteiger partial charge >= 0.3 is 0 Å². The molecule has 2 rings (SSSR count). The highest BCUT2D eigenvalue weighted by Gasteiger charge is 2.10. The molecule has 0 saturated heterocycles. The van der Waals surface area contributed by atoms with Gasteiger partial charge in [0.15, 0.2) is 6.61 Å². The average Bonchev–Trinajstić information content (AvgIpc) is 2.50. The van der Waals surface area contributed by atoms with Crippen LogP contribution in [0.1, 0.15) is 18.1 Å². The molecule has 0 bridgehead atoms. The third kappa shape index (κ3) is 4.89. The van der Waals surface area contributed by atoms with Crippen LogP contribution in [0.4, 0.5) is 5.69 Å². The topological polar surface area (TPSA) is 47.6 Å². The maximum atomic E-state index is 12.0. The monoisotopic (exact) mass is 333 g/mol. The number of carbonyl (C=O) groups is 1. The maximum Gasteiger partial charge on any atom is 0.262 e. The van der Waals surface area contributed by atoms with Crippen LogP contribution in [0, 0.1) is 13.8 Å². The molecule has 2 aromatic carbocycles. The van der Waals surface area contributed by atoms with Crippen molar-refractivity contribution in [3.8, 4) is 11.5 Å². The number of anilines is 1. The Balaban J connectivity index is 1.93. The summed E-state index contributed by atoms with van der Waals surface area (Å²) in [6, 6.07) is 10.9. The number of hydrogen-bond donors (Lipinski definition) is 1. The SMILES string of the molecule is CCOc1ccc(OCC(=O)Nc2c(C)cc(C)cc2Cl)cc1. The van der Waals surface area contributed by atoms with Gasteiger partial charge in [0.25, 0.3) is 5.91 Å². The molecule has 122 valence electrons. The van der Waals surface area contributed by atoms with Crippen molar-refractivity contribution in [2.75, 3.05) is 18.5 Å². The zero-order valence-electron chi connectivity index (χ0n) is 13.5. The number of halogens is 1. The largest absolute Gasteiger partial charge is 0.494 e. The normalized spacial score (nSPS) is 10.3. The van der Waals surface area contributed by atoms with Crippen LogP contribution in [-0.2, 0) is 4.79 Å². The molecule has 1 N–H and O–H groups in total. The Kier molecular flexibility index (Phi) is 5.88. The van der Waals surface area contributed by atoms with Crippen molar-refractivity contribution in [2.45, 2.75) is 20.8 Å². The van der Waals surface area contributed by atoms with Crippen molar-refractivity contribution in [3.05, 3.63) is 52.5 Å². The van der Waals surface area contributed by atoms with Gasteiger partial charge < -0.3 is 14.8 Å². The number of carbonyl (C=O) groups excluding carboxylic acids is 1. The Morgan fingerprint density at radius 3 is 2.26 bits per heavy atom. The van der Waals surface area contributed by atoms with Gasteiger partial charge in [0.1, 0.15) is 11.5 Å². The summed E-state index contributed by atoms with van der Waals surface area (Å²) < 4.78 is 10.8. The first kappa shape index (κ1) is 17.2. The van der Waals surface area contributed by atoms with Crippen molar-refractivity contribution >= 4 is 23.2 Å². The lowest BCUT2D eigenvalue weighted by molar-refractivity contribution is -0.118. The quantitative estimate of drug-likeness (QED) is 0.853. The number of amides is 1. The Morgan fingerprint density at radius 2 is 1.70 bits per heavy atom. The standard InChI is InChI=1S/C18H20ClNO3/c1-4-22-14-5-7-15(8-6-14)23-11-17(21)20-18-13(3)9-12(2)10-16(18)19/h5-10H,4,11H2,1-3H3,(H,20,21). The Morgan fingerprint density at radius 1 is 1.09 bits per heavy atom. The molecule has 0 heterocycles. The summed E-state index contributed by atoms with van der Waals surface area (Å²) in [6.07, 6.45) is 0. The predicted octanol–water partition coefficient (Wildman–Crippen LogP) is 4.37. The van der Waals surface area contributed by atoms with Crippen molar-refractivity contribution < 1.29 is 14.3 Å². The molecule has 0 saturated carbocycles. The third-order valence-electron chi connectivity index (χ3n) is 3.20. The molecule has 2 aromatic rings. The lowest BCUT2D eigenvalue weighted by atomic mass is 10.1. The van der Waals surface area contributed by atoms with Gasteiger partial charge in [-0.2, -0.15) is 0 Å². The lowest BCUT2D eigenvalue weighted by Gasteiger charge is -2.12. The van der Waals surface area contributed by atoms with Gasteiger partial charge in [-0.15, -0.1) is 0 Å². The number of hydrogen-bond acceptors (Lipinski definition) is 3. The van der Waals surface area contributed by atoms with E-state index in [1.54, 1.807) is 24.3 Å². The van der Waals surface area contributed by atoms with E-state index in [1.165, 1.54) is 0 Å². The second-order valence-electron chi connectivity index (χ2n) is 5.18. The second-order valence-corrected chi connectivity index (χ2v) is 5.59. The van der Waals surface area contributed by atoms with E-state index in [0.717, 1.165) is 16.9 Å². The molecular formula is C18H20ClNO3. The van der Waals surface area contributed by atoms with Gasteiger partial charge in [-0.3, -0.25) is 4.79 Å². The van der Waals surface area contributed by atoms with E-state index in [2.05, 4.69) is 5.32 Å². The highest BCUT2D eigenvalue weighted by atomic mass is 35.5. The Hall–Kier alpha value is -2.20. The number of benzene rings is 2. The van der Waals surface area contributed by atoms with Crippen molar-refractivity contribution in [1.82, 2.24) is 0 Å².